The molecule has 1 atom stereocenters. The Kier molecular flexibility index (Phi) is 4.84. The van der Waals surface area contributed by atoms with E-state index in [0.29, 0.717) is 0 Å². The van der Waals surface area contributed by atoms with Crippen LogP contribution in [0.3, 0.4) is 0 Å². The van der Waals surface area contributed by atoms with Crippen molar-refractivity contribution >= 4 is 0 Å². The van der Waals surface area contributed by atoms with Crippen molar-refractivity contribution in [2.24, 2.45) is 0 Å². The first kappa shape index (κ1) is 14.9. The van der Waals surface area contributed by atoms with E-state index in [4.69, 9.17) is 4.74 Å². The van der Waals surface area contributed by atoms with Gasteiger partial charge in [0.2, 0.25) is 0 Å². The van der Waals surface area contributed by atoms with Gasteiger partial charge in [-0.2, -0.15) is 0 Å². The normalized spacial score (nSPS) is 20.8. The Morgan fingerprint density at radius 1 is 1.10 bits per heavy atom. The number of rotatable bonds is 5. The molecule has 0 aromatic heterocycles. The molecule has 0 bridgehead atoms. The summed E-state index contributed by atoms with van der Waals surface area (Å²) in [4.78, 5) is 2.71. The van der Waals surface area contributed by atoms with Crippen LogP contribution in [0.2, 0.25) is 0 Å². The summed E-state index contributed by atoms with van der Waals surface area (Å²) >= 11 is 0. The largest absolute Gasteiger partial charge is 0.493 e. The molecule has 1 aromatic carbocycles. The van der Waals surface area contributed by atoms with Crippen LogP contribution in [-0.4, -0.2) is 30.6 Å². The third kappa shape index (κ3) is 3.11. The van der Waals surface area contributed by atoms with Crippen molar-refractivity contribution in [3.63, 3.8) is 0 Å². The van der Waals surface area contributed by atoms with Crippen LogP contribution < -0.4 is 4.74 Å². The second-order valence-corrected chi connectivity index (χ2v) is 6.58. The predicted molar refractivity (Wildman–Crippen MR) is 88.2 cm³/mol. The number of ether oxygens (including phenoxy) is 1. The van der Waals surface area contributed by atoms with Gasteiger partial charge in [-0.25, -0.2) is 0 Å². The van der Waals surface area contributed by atoms with E-state index in [1.165, 1.54) is 74.9 Å². The van der Waals surface area contributed by atoms with Gasteiger partial charge in [-0.1, -0.05) is 26.0 Å². The maximum atomic E-state index is 6.05. The molecule has 1 heterocycles. The second kappa shape index (κ2) is 6.83. The summed E-state index contributed by atoms with van der Waals surface area (Å²) in [6.07, 6.45) is 8.61. The third-order valence-corrected chi connectivity index (χ3v) is 5.00. The molecule has 0 unspecified atom stereocenters. The Morgan fingerprint density at radius 3 is 2.62 bits per heavy atom. The third-order valence-electron chi connectivity index (χ3n) is 5.00. The van der Waals surface area contributed by atoms with Gasteiger partial charge in [0.25, 0.3) is 0 Å². The van der Waals surface area contributed by atoms with Gasteiger partial charge in [0.05, 0.1) is 6.61 Å². The number of nitrogens with zero attached hydrogens (tertiary/aromatic N) is 1. The van der Waals surface area contributed by atoms with Gasteiger partial charge in [-0.3, -0.25) is 0 Å². The molecular formula is C19H29NO. The van der Waals surface area contributed by atoms with E-state index in [1.807, 2.05) is 0 Å². The summed E-state index contributed by atoms with van der Waals surface area (Å²) in [5.41, 5.74) is 4.51. The molecule has 0 spiro atoms. The smallest absolute Gasteiger partial charge is 0.125 e. The number of hydrogen-bond acceptors (Lipinski definition) is 2. The standard InChI is InChI=1S/C19H29NO/c1-3-11-20(12-4-2)17-10-9-15-7-8-16-6-5-13-21-19(16)18(15)14-17/h7-8,17H,3-6,9-14H2,1-2H3/t17-/m0/s1. The topological polar surface area (TPSA) is 12.5 Å². The zero-order chi connectivity index (χ0) is 14.7. The zero-order valence-corrected chi connectivity index (χ0v) is 13.7. The molecule has 0 saturated heterocycles. The molecule has 1 aromatic rings. The molecule has 3 rings (SSSR count). The van der Waals surface area contributed by atoms with E-state index in [2.05, 4.69) is 30.9 Å². The van der Waals surface area contributed by atoms with Crippen molar-refractivity contribution in [3.8, 4) is 5.75 Å². The number of benzene rings is 1. The highest BCUT2D eigenvalue weighted by atomic mass is 16.5. The van der Waals surface area contributed by atoms with E-state index in [-0.39, 0.29) is 0 Å². The SMILES string of the molecule is CCCN(CCC)[C@H]1CCc2ccc3c(c2C1)OCCC3. The molecule has 0 saturated carbocycles. The lowest BCUT2D eigenvalue weighted by Crippen LogP contribution is -2.40. The zero-order valence-electron chi connectivity index (χ0n) is 13.7. The Labute approximate surface area is 129 Å². The van der Waals surface area contributed by atoms with Crippen molar-refractivity contribution < 1.29 is 4.74 Å². The molecule has 116 valence electrons. The molecule has 2 aliphatic rings. The van der Waals surface area contributed by atoms with E-state index in [0.717, 1.165) is 12.6 Å². The van der Waals surface area contributed by atoms with E-state index in [9.17, 15) is 0 Å². The van der Waals surface area contributed by atoms with Crippen molar-refractivity contribution in [2.45, 2.75) is 64.8 Å². The van der Waals surface area contributed by atoms with Gasteiger partial charge >= 0.3 is 0 Å². The predicted octanol–water partition coefficient (Wildman–Crippen LogP) is 3.99. The maximum Gasteiger partial charge on any atom is 0.125 e. The Hall–Kier alpha value is -1.02. The minimum absolute atomic E-state index is 0.717. The van der Waals surface area contributed by atoms with Gasteiger partial charge in [0.1, 0.15) is 5.75 Å². The average molecular weight is 287 g/mol. The van der Waals surface area contributed by atoms with Crippen LogP contribution in [-0.2, 0) is 19.3 Å². The lowest BCUT2D eigenvalue weighted by molar-refractivity contribution is 0.177. The summed E-state index contributed by atoms with van der Waals surface area (Å²) in [6.45, 7) is 7.98. The van der Waals surface area contributed by atoms with Gasteiger partial charge in [0, 0.05) is 6.04 Å². The van der Waals surface area contributed by atoms with Crippen LogP contribution in [0.5, 0.6) is 5.75 Å². The highest BCUT2D eigenvalue weighted by Gasteiger charge is 2.27. The first-order chi connectivity index (χ1) is 10.3. The fraction of sp³-hybridized carbons (Fsp3) is 0.684. The number of hydrogen-bond donors (Lipinski definition) is 0. The molecule has 2 heteroatoms. The highest BCUT2D eigenvalue weighted by molar-refractivity contribution is 5.49. The summed E-state index contributed by atoms with van der Waals surface area (Å²) in [6, 6.07) is 5.39. The molecule has 2 nitrogen and oxygen atoms in total. The van der Waals surface area contributed by atoms with Crippen molar-refractivity contribution in [2.75, 3.05) is 19.7 Å². The van der Waals surface area contributed by atoms with Gasteiger partial charge in [-0.15, -0.1) is 0 Å². The minimum atomic E-state index is 0.717. The highest BCUT2D eigenvalue weighted by Crippen LogP contribution is 2.36. The summed E-state index contributed by atoms with van der Waals surface area (Å²) in [7, 11) is 0. The quantitative estimate of drug-likeness (QED) is 0.812. The molecule has 21 heavy (non-hydrogen) atoms. The Morgan fingerprint density at radius 2 is 1.86 bits per heavy atom. The monoisotopic (exact) mass is 287 g/mol. The van der Waals surface area contributed by atoms with Crippen LogP contribution in [0.4, 0.5) is 0 Å². The first-order valence-electron chi connectivity index (χ1n) is 8.84. The summed E-state index contributed by atoms with van der Waals surface area (Å²) in [5, 5.41) is 0. The Bertz CT molecular complexity index is 477. The van der Waals surface area contributed by atoms with Gasteiger partial charge in [-0.05, 0) is 74.7 Å². The molecule has 0 fully saturated rings. The molecular weight excluding hydrogens is 258 g/mol. The van der Waals surface area contributed by atoms with E-state index in [1.54, 1.807) is 5.56 Å². The molecule has 0 N–H and O–H groups in total. The molecule has 0 radical (unpaired) electrons. The van der Waals surface area contributed by atoms with Crippen LogP contribution in [0.15, 0.2) is 12.1 Å². The van der Waals surface area contributed by atoms with Crippen molar-refractivity contribution in [1.29, 1.82) is 0 Å². The van der Waals surface area contributed by atoms with Gasteiger partial charge in [0.15, 0.2) is 0 Å². The first-order valence-corrected chi connectivity index (χ1v) is 8.84. The van der Waals surface area contributed by atoms with Crippen molar-refractivity contribution in [1.82, 2.24) is 4.90 Å². The van der Waals surface area contributed by atoms with Crippen molar-refractivity contribution in [3.05, 3.63) is 28.8 Å². The molecule has 0 amide bonds. The summed E-state index contributed by atoms with van der Waals surface area (Å²) in [5.74, 6) is 1.25. The number of aryl methyl sites for hydroxylation is 2. The fourth-order valence-electron chi connectivity index (χ4n) is 4.01. The lowest BCUT2D eigenvalue weighted by atomic mass is 9.84. The molecule has 1 aliphatic heterocycles. The van der Waals surface area contributed by atoms with Crippen LogP contribution >= 0.6 is 0 Å². The van der Waals surface area contributed by atoms with Gasteiger partial charge < -0.3 is 9.64 Å². The van der Waals surface area contributed by atoms with E-state index < -0.39 is 0 Å². The fourth-order valence-corrected chi connectivity index (χ4v) is 4.01. The number of fused-ring (bicyclic) bond motifs is 3. The summed E-state index contributed by atoms with van der Waals surface area (Å²) < 4.78 is 6.05. The maximum absolute atomic E-state index is 6.05. The lowest BCUT2D eigenvalue weighted by Gasteiger charge is -2.36. The van der Waals surface area contributed by atoms with Crippen LogP contribution in [0.1, 0.15) is 56.2 Å². The Balaban J connectivity index is 1.83. The second-order valence-electron chi connectivity index (χ2n) is 6.58. The molecule has 1 aliphatic carbocycles. The van der Waals surface area contributed by atoms with E-state index >= 15 is 0 Å². The average Bonchev–Trinajstić information content (AvgIpc) is 2.54. The minimum Gasteiger partial charge on any atom is -0.493 e. The van der Waals surface area contributed by atoms with Crippen LogP contribution in [0.25, 0.3) is 0 Å². The van der Waals surface area contributed by atoms with Crippen LogP contribution in [0, 0.1) is 0 Å².